The molecule has 3 aliphatic rings. The lowest BCUT2D eigenvalue weighted by atomic mass is 9.95. The number of aliphatic hydroxyl groups is 2. The molecule has 0 unspecified atom stereocenters. The maximum absolute atomic E-state index is 12.6. The smallest absolute Gasteiger partial charge is 0.274 e. The topological polar surface area (TPSA) is 89.8 Å². The van der Waals surface area contributed by atoms with Crippen LogP contribution in [0.3, 0.4) is 0 Å². The molecule has 30 heavy (non-hydrogen) atoms. The Morgan fingerprint density at radius 3 is 2.60 bits per heavy atom. The maximum Gasteiger partial charge on any atom is 0.274 e. The first kappa shape index (κ1) is 19.6. The number of aliphatic hydroxyl groups excluding tert-OH is 2. The second kappa shape index (κ2) is 7.72. The summed E-state index contributed by atoms with van der Waals surface area (Å²) in [6, 6.07) is 10.6. The molecule has 2 N–H and O–H groups in total. The lowest BCUT2D eigenvalue weighted by Crippen LogP contribution is -2.46. The van der Waals surface area contributed by atoms with Crippen molar-refractivity contribution in [1.82, 2.24) is 19.8 Å². The fourth-order valence-electron chi connectivity index (χ4n) is 5.89. The molecule has 2 saturated heterocycles. The summed E-state index contributed by atoms with van der Waals surface area (Å²) in [7, 11) is 0. The number of piperidine rings is 1. The number of rotatable bonds is 4. The SMILES string of the molecule is O=C(c1cnccn1)N1CCC(N2C[C@H](O)[C@@]3(C2)[C@H](CO)[C@H]3c2ccccc2)CC1. The molecule has 3 fully saturated rings. The lowest BCUT2D eigenvalue weighted by molar-refractivity contribution is 0.0621. The zero-order valence-corrected chi connectivity index (χ0v) is 17.0. The Bertz CT molecular complexity index is 888. The summed E-state index contributed by atoms with van der Waals surface area (Å²) in [4.78, 5) is 25.0. The van der Waals surface area contributed by atoms with Gasteiger partial charge in [0.15, 0.2) is 0 Å². The molecule has 1 saturated carbocycles. The van der Waals surface area contributed by atoms with Crippen LogP contribution in [-0.2, 0) is 0 Å². The largest absolute Gasteiger partial charge is 0.396 e. The van der Waals surface area contributed by atoms with Crippen molar-refractivity contribution in [2.75, 3.05) is 32.8 Å². The van der Waals surface area contributed by atoms with E-state index in [-0.39, 0.29) is 29.8 Å². The summed E-state index contributed by atoms with van der Waals surface area (Å²) in [6.07, 6.45) is 5.96. The molecule has 4 atom stereocenters. The number of carbonyl (C=O) groups excluding carboxylic acids is 1. The van der Waals surface area contributed by atoms with Crippen LogP contribution in [0.1, 0.15) is 34.8 Å². The van der Waals surface area contributed by atoms with E-state index in [1.807, 2.05) is 23.1 Å². The van der Waals surface area contributed by atoms with Crippen molar-refractivity contribution in [3.8, 4) is 0 Å². The van der Waals surface area contributed by atoms with E-state index in [0.717, 1.165) is 19.4 Å². The van der Waals surface area contributed by atoms with Gasteiger partial charge in [-0.2, -0.15) is 0 Å². The van der Waals surface area contributed by atoms with Crippen molar-refractivity contribution in [3.05, 3.63) is 60.2 Å². The quantitative estimate of drug-likeness (QED) is 0.789. The van der Waals surface area contributed by atoms with Gasteiger partial charge in [-0.05, 0) is 30.2 Å². The van der Waals surface area contributed by atoms with Crippen LogP contribution < -0.4 is 0 Å². The van der Waals surface area contributed by atoms with Crippen LogP contribution in [0.15, 0.2) is 48.9 Å². The Morgan fingerprint density at radius 1 is 1.17 bits per heavy atom. The molecular weight excluding hydrogens is 380 g/mol. The third-order valence-corrected chi connectivity index (χ3v) is 7.47. The number of carbonyl (C=O) groups is 1. The summed E-state index contributed by atoms with van der Waals surface area (Å²) < 4.78 is 0. The molecule has 3 heterocycles. The number of hydrogen-bond donors (Lipinski definition) is 2. The Hall–Kier alpha value is -2.35. The molecule has 2 aromatic rings. The fraction of sp³-hybridized carbons (Fsp3) is 0.522. The molecule has 0 bridgehead atoms. The minimum Gasteiger partial charge on any atom is -0.396 e. The maximum atomic E-state index is 12.6. The number of benzene rings is 1. The predicted molar refractivity (Wildman–Crippen MR) is 111 cm³/mol. The van der Waals surface area contributed by atoms with E-state index in [9.17, 15) is 15.0 Å². The number of aromatic nitrogens is 2. The molecule has 7 heteroatoms. The van der Waals surface area contributed by atoms with Crippen molar-refractivity contribution in [2.24, 2.45) is 11.3 Å². The Kier molecular flexibility index (Phi) is 5.05. The molecule has 1 amide bonds. The van der Waals surface area contributed by atoms with Crippen LogP contribution in [0.4, 0.5) is 0 Å². The van der Waals surface area contributed by atoms with Crippen LogP contribution in [0.5, 0.6) is 0 Å². The number of amides is 1. The molecule has 1 aromatic carbocycles. The van der Waals surface area contributed by atoms with Gasteiger partial charge in [-0.15, -0.1) is 0 Å². The Morgan fingerprint density at radius 2 is 1.93 bits per heavy atom. The van der Waals surface area contributed by atoms with Crippen molar-refractivity contribution in [3.63, 3.8) is 0 Å². The first-order valence-corrected chi connectivity index (χ1v) is 10.8. The van der Waals surface area contributed by atoms with E-state index in [1.54, 1.807) is 12.4 Å². The van der Waals surface area contributed by atoms with Gasteiger partial charge in [-0.3, -0.25) is 14.7 Å². The first-order chi connectivity index (χ1) is 14.6. The van der Waals surface area contributed by atoms with E-state index >= 15 is 0 Å². The van der Waals surface area contributed by atoms with Gasteiger partial charge in [-0.25, -0.2) is 4.98 Å². The van der Waals surface area contributed by atoms with Crippen molar-refractivity contribution in [1.29, 1.82) is 0 Å². The summed E-state index contributed by atoms with van der Waals surface area (Å²) in [5.41, 5.74) is 1.35. The highest BCUT2D eigenvalue weighted by molar-refractivity contribution is 5.92. The van der Waals surface area contributed by atoms with E-state index in [1.165, 1.54) is 11.8 Å². The standard InChI is InChI=1S/C23H28N4O3/c28-14-18-21(16-4-2-1-3-5-16)23(18)15-27(13-20(23)29)17-6-10-26(11-7-17)22(30)19-12-24-8-9-25-19/h1-5,8-9,12,17-18,20-21,28-29H,6-7,10-11,13-15H2/t18-,20+,21-,23-/m1/s1. The van der Waals surface area contributed by atoms with E-state index < -0.39 is 6.10 Å². The number of likely N-dealkylation sites (tertiary alicyclic amines) is 2. The van der Waals surface area contributed by atoms with Gasteiger partial charge in [0.05, 0.1) is 12.3 Å². The molecule has 1 aromatic heterocycles. The minimum absolute atomic E-state index is 0.0637. The lowest BCUT2D eigenvalue weighted by Gasteiger charge is -2.36. The van der Waals surface area contributed by atoms with Crippen LogP contribution in [0, 0.1) is 11.3 Å². The zero-order valence-electron chi connectivity index (χ0n) is 17.0. The van der Waals surface area contributed by atoms with E-state index in [2.05, 4.69) is 27.0 Å². The second-order valence-electron chi connectivity index (χ2n) is 8.85. The molecule has 7 nitrogen and oxygen atoms in total. The molecule has 158 valence electrons. The number of nitrogens with zero attached hydrogens (tertiary/aromatic N) is 4. The summed E-state index contributed by atoms with van der Waals surface area (Å²) in [5, 5.41) is 21.0. The first-order valence-electron chi connectivity index (χ1n) is 10.8. The third kappa shape index (κ3) is 3.12. The van der Waals surface area contributed by atoms with Crippen LogP contribution >= 0.6 is 0 Å². The van der Waals surface area contributed by atoms with Gasteiger partial charge in [0, 0.05) is 56.6 Å². The van der Waals surface area contributed by atoms with Gasteiger partial charge in [0.2, 0.25) is 0 Å². The zero-order chi connectivity index (χ0) is 20.7. The average Bonchev–Trinajstić information content (AvgIpc) is 3.34. The van der Waals surface area contributed by atoms with Crippen molar-refractivity contribution < 1.29 is 15.0 Å². The summed E-state index contributed by atoms with van der Waals surface area (Å²) >= 11 is 0. The normalized spacial score (nSPS) is 31.9. The van der Waals surface area contributed by atoms with Crippen LogP contribution in [0.2, 0.25) is 0 Å². The molecule has 0 radical (unpaired) electrons. The minimum atomic E-state index is -0.431. The Labute approximate surface area is 176 Å². The summed E-state index contributed by atoms with van der Waals surface area (Å²) in [5.74, 6) is 0.256. The molecule has 2 aliphatic heterocycles. The monoisotopic (exact) mass is 408 g/mol. The van der Waals surface area contributed by atoms with Gasteiger partial charge >= 0.3 is 0 Å². The van der Waals surface area contributed by atoms with E-state index in [0.29, 0.717) is 31.4 Å². The van der Waals surface area contributed by atoms with Crippen molar-refractivity contribution >= 4 is 5.91 Å². The molecule has 5 rings (SSSR count). The van der Waals surface area contributed by atoms with Gasteiger partial charge in [0.1, 0.15) is 5.69 Å². The average molecular weight is 409 g/mol. The van der Waals surface area contributed by atoms with Crippen LogP contribution in [-0.4, -0.2) is 80.8 Å². The number of hydrogen-bond acceptors (Lipinski definition) is 6. The molecule has 1 spiro atoms. The predicted octanol–water partition coefficient (Wildman–Crippen LogP) is 1.15. The third-order valence-electron chi connectivity index (χ3n) is 7.47. The van der Waals surface area contributed by atoms with Gasteiger partial charge < -0.3 is 15.1 Å². The van der Waals surface area contributed by atoms with Gasteiger partial charge in [0.25, 0.3) is 5.91 Å². The highest BCUT2D eigenvalue weighted by Gasteiger charge is 2.71. The van der Waals surface area contributed by atoms with E-state index in [4.69, 9.17) is 0 Å². The number of β-amino-alcohol motifs (C(OH)–C–C–N with tert-alkyl or cyclic N) is 1. The fourth-order valence-corrected chi connectivity index (χ4v) is 5.89. The molecule has 1 aliphatic carbocycles. The van der Waals surface area contributed by atoms with Gasteiger partial charge in [-0.1, -0.05) is 30.3 Å². The van der Waals surface area contributed by atoms with Crippen molar-refractivity contribution in [2.45, 2.75) is 30.9 Å². The summed E-state index contributed by atoms with van der Waals surface area (Å²) in [6.45, 7) is 2.93. The molecular formula is C23H28N4O3. The van der Waals surface area contributed by atoms with Crippen LogP contribution in [0.25, 0.3) is 0 Å². The second-order valence-corrected chi connectivity index (χ2v) is 8.85. The highest BCUT2D eigenvalue weighted by Crippen LogP contribution is 2.69. The highest BCUT2D eigenvalue weighted by atomic mass is 16.3. The Balaban J connectivity index is 1.24.